The number of nitrogens with zero attached hydrogens (tertiary/aromatic N) is 1. The molecule has 0 radical (unpaired) electrons. The molecule has 0 spiro atoms. The minimum atomic E-state index is 0.224. The first kappa shape index (κ1) is 14.1. The number of aryl methyl sites for hydroxylation is 1. The number of hydrogen-bond acceptors (Lipinski definition) is 4. The average Bonchev–Trinajstić information content (AvgIpc) is 2.38. The van der Waals surface area contributed by atoms with Crippen molar-refractivity contribution in [2.24, 2.45) is 5.84 Å². The summed E-state index contributed by atoms with van der Waals surface area (Å²) in [4.78, 5) is 4.43. The second-order valence-electron chi connectivity index (χ2n) is 4.06. The van der Waals surface area contributed by atoms with Crippen LogP contribution in [0.3, 0.4) is 0 Å². The van der Waals surface area contributed by atoms with Crippen molar-refractivity contribution in [2.45, 2.75) is 39.2 Å². The van der Waals surface area contributed by atoms with Gasteiger partial charge >= 0.3 is 0 Å². The van der Waals surface area contributed by atoms with E-state index in [1.54, 1.807) is 0 Å². The summed E-state index contributed by atoms with van der Waals surface area (Å²) >= 11 is 0. The topological polar surface area (TPSA) is 60.2 Å². The molecule has 1 unspecified atom stereocenters. The molecule has 0 saturated heterocycles. The van der Waals surface area contributed by atoms with E-state index >= 15 is 0 Å². The molecule has 1 aromatic heterocycles. The molecule has 0 aliphatic carbocycles. The van der Waals surface area contributed by atoms with Crippen molar-refractivity contribution >= 4 is 0 Å². The highest BCUT2D eigenvalue weighted by Gasteiger charge is 2.08. The lowest BCUT2D eigenvalue weighted by Gasteiger charge is -2.15. The van der Waals surface area contributed by atoms with E-state index in [0.29, 0.717) is 0 Å². The molecule has 0 aliphatic heterocycles. The van der Waals surface area contributed by atoms with Crippen LogP contribution in [0.15, 0.2) is 18.3 Å². The van der Waals surface area contributed by atoms with Gasteiger partial charge in [-0.3, -0.25) is 16.3 Å². The van der Waals surface area contributed by atoms with Gasteiger partial charge in [-0.2, -0.15) is 0 Å². The smallest absolute Gasteiger partial charge is 0.0481 e. The Labute approximate surface area is 104 Å². The van der Waals surface area contributed by atoms with Gasteiger partial charge in [-0.05, 0) is 31.4 Å². The molecule has 96 valence electrons. The summed E-state index contributed by atoms with van der Waals surface area (Å²) < 4.78 is 5.32. The Balaban J connectivity index is 2.43. The highest BCUT2D eigenvalue weighted by atomic mass is 16.5. The van der Waals surface area contributed by atoms with Crippen LogP contribution in [0, 0.1) is 0 Å². The zero-order chi connectivity index (χ0) is 12.5. The van der Waals surface area contributed by atoms with E-state index in [9.17, 15) is 0 Å². The SMILES string of the molecule is CCOCCC(Cc1ccc(CC)cn1)NN. The van der Waals surface area contributed by atoms with E-state index in [2.05, 4.69) is 29.5 Å². The summed E-state index contributed by atoms with van der Waals surface area (Å²) in [5.74, 6) is 5.53. The second kappa shape index (κ2) is 8.17. The van der Waals surface area contributed by atoms with Crippen LogP contribution >= 0.6 is 0 Å². The third-order valence-electron chi connectivity index (χ3n) is 2.80. The standard InChI is InChI=1S/C13H23N3O/c1-3-11-5-6-12(15-10-11)9-13(16-14)7-8-17-4-2/h5-6,10,13,16H,3-4,7-9,14H2,1-2H3. The maximum atomic E-state index is 5.53. The lowest BCUT2D eigenvalue weighted by Crippen LogP contribution is -2.37. The predicted octanol–water partition coefficient (Wildman–Crippen LogP) is 1.44. The van der Waals surface area contributed by atoms with Gasteiger partial charge in [0.1, 0.15) is 0 Å². The number of rotatable bonds is 8. The summed E-state index contributed by atoms with van der Waals surface area (Å²) in [5, 5.41) is 0. The minimum Gasteiger partial charge on any atom is -0.382 e. The van der Waals surface area contributed by atoms with Crippen molar-refractivity contribution in [3.63, 3.8) is 0 Å². The van der Waals surface area contributed by atoms with Crippen molar-refractivity contribution in [1.29, 1.82) is 0 Å². The van der Waals surface area contributed by atoms with Crippen LogP contribution in [-0.2, 0) is 17.6 Å². The molecule has 1 rings (SSSR count). The van der Waals surface area contributed by atoms with Crippen LogP contribution in [0.25, 0.3) is 0 Å². The molecule has 0 saturated carbocycles. The highest BCUT2D eigenvalue weighted by molar-refractivity contribution is 5.14. The van der Waals surface area contributed by atoms with Crippen molar-refractivity contribution in [1.82, 2.24) is 10.4 Å². The number of pyridine rings is 1. The Kier molecular flexibility index (Phi) is 6.77. The molecule has 17 heavy (non-hydrogen) atoms. The molecule has 1 aromatic rings. The molecule has 0 fully saturated rings. The average molecular weight is 237 g/mol. The molecule has 1 atom stereocenters. The molecular weight excluding hydrogens is 214 g/mol. The highest BCUT2D eigenvalue weighted by Crippen LogP contribution is 2.05. The first-order valence-electron chi connectivity index (χ1n) is 6.27. The van der Waals surface area contributed by atoms with Crippen LogP contribution in [0.1, 0.15) is 31.5 Å². The normalized spacial score (nSPS) is 12.6. The number of nitrogens with two attached hydrogens (primary N) is 1. The van der Waals surface area contributed by atoms with E-state index in [0.717, 1.165) is 38.2 Å². The summed E-state index contributed by atoms with van der Waals surface area (Å²) in [6, 6.07) is 4.42. The van der Waals surface area contributed by atoms with Crippen molar-refractivity contribution in [3.8, 4) is 0 Å². The molecule has 0 aromatic carbocycles. The van der Waals surface area contributed by atoms with Gasteiger partial charge in [0.2, 0.25) is 0 Å². The fourth-order valence-electron chi connectivity index (χ4n) is 1.65. The summed E-state index contributed by atoms with van der Waals surface area (Å²) in [5.41, 5.74) is 5.15. The summed E-state index contributed by atoms with van der Waals surface area (Å²) in [7, 11) is 0. The fraction of sp³-hybridized carbons (Fsp3) is 0.615. The van der Waals surface area contributed by atoms with Gasteiger partial charge < -0.3 is 4.74 Å². The van der Waals surface area contributed by atoms with Gasteiger partial charge in [-0.1, -0.05) is 13.0 Å². The van der Waals surface area contributed by atoms with Crippen LogP contribution in [0.5, 0.6) is 0 Å². The van der Waals surface area contributed by atoms with Gasteiger partial charge in [0.05, 0.1) is 0 Å². The molecule has 0 bridgehead atoms. The van der Waals surface area contributed by atoms with E-state index in [4.69, 9.17) is 10.6 Å². The van der Waals surface area contributed by atoms with Crippen molar-refractivity contribution in [3.05, 3.63) is 29.6 Å². The lowest BCUT2D eigenvalue weighted by molar-refractivity contribution is 0.136. The van der Waals surface area contributed by atoms with E-state index in [1.165, 1.54) is 5.56 Å². The quantitative estimate of drug-likeness (QED) is 0.408. The third-order valence-corrected chi connectivity index (χ3v) is 2.80. The first-order valence-corrected chi connectivity index (χ1v) is 6.27. The van der Waals surface area contributed by atoms with Gasteiger partial charge in [0.25, 0.3) is 0 Å². The van der Waals surface area contributed by atoms with Gasteiger partial charge in [-0.25, -0.2) is 0 Å². The van der Waals surface area contributed by atoms with Crippen LogP contribution < -0.4 is 11.3 Å². The maximum absolute atomic E-state index is 5.53. The van der Waals surface area contributed by atoms with Gasteiger partial charge in [0.15, 0.2) is 0 Å². The minimum absolute atomic E-state index is 0.224. The second-order valence-corrected chi connectivity index (χ2v) is 4.06. The Morgan fingerprint density at radius 1 is 1.41 bits per heavy atom. The molecule has 3 N–H and O–H groups in total. The largest absolute Gasteiger partial charge is 0.382 e. The van der Waals surface area contributed by atoms with Crippen LogP contribution in [-0.4, -0.2) is 24.2 Å². The van der Waals surface area contributed by atoms with Crippen molar-refractivity contribution < 1.29 is 4.74 Å². The van der Waals surface area contributed by atoms with Crippen LogP contribution in [0.2, 0.25) is 0 Å². The monoisotopic (exact) mass is 237 g/mol. The van der Waals surface area contributed by atoms with E-state index < -0.39 is 0 Å². The summed E-state index contributed by atoms with van der Waals surface area (Å²) in [6.45, 7) is 5.61. The van der Waals surface area contributed by atoms with Crippen LogP contribution in [0.4, 0.5) is 0 Å². The molecule has 0 amide bonds. The maximum Gasteiger partial charge on any atom is 0.0481 e. The van der Waals surface area contributed by atoms with Crippen molar-refractivity contribution in [2.75, 3.05) is 13.2 Å². The molecule has 4 nitrogen and oxygen atoms in total. The third kappa shape index (κ3) is 5.26. The first-order chi connectivity index (χ1) is 8.30. The predicted molar refractivity (Wildman–Crippen MR) is 69.5 cm³/mol. The Morgan fingerprint density at radius 3 is 2.76 bits per heavy atom. The zero-order valence-corrected chi connectivity index (χ0v) is 10.8. The lowest BCUT2D eigenvalue weighted by atomic mass is 10.1. The number of hydrogen-bond donors (Lipinski definition) is 2. The molecule has 0 aliphatic rings. The number of nitrogens with one attached hydrogen (secondary N) is 1. The number of ether oxygens (including phenoxy) is 1. The summed E-state index contributed by atoms with van der Waals surface area (Å²) in [6.07, 6.45) is 4.71. The fourth-order valence-corrected chi connectivity index (χ4v) is 1.65. The number of aromatic nitrogens is 1. The molecular formula is C13H23N3O. The van der Waals surface area contributed by atoms with Gasteiger partial charge in [0, 0.05) is 37.6 Å². The Bertz CT molecular complexity index is 300. The van der Waals surface area contributed by atoms with Gasteiger partial charge in [-0.15, -0.1) is 0 Å². The van der Waals surface area contributed by atoms with E-state index in [-0.39, 0.29) is 6.04 Å². The van der Waals surface area contributed by atoms with E-state index in [1.807, 2.05) is 13.1 Å². The Hall–Kier alpha value is -0.970. The molecule has 1 heterocycles. The number of hydrazine groups is 1. The molecule has 4 heteroatoms. The Morgan fingerprint density at radius 2 is 2.24 bits per heavy atom. The zero-order valence-electron chi connectivity index (χ0n) is 10.8.